The van der Waals surface area contributed by atoms with Gasteiger partial charge in [-0.2, -0.15) is 0 Å². The third-order valence-corrected chi connectivity index (χ3v) is 4.68. The monoisotopic (exact) mass is 265 g/mol. The summed E-state index contributed by atoms with van der Waals surface area (Å²) in [4.78, 5) is 16.9. The van der Waals surface area contributed by atoms with Crippen molar-refractivity contribution >= 4 is 6.03 Å². The second-order valence-corrected chi connectivity index (χ2v) is 6.47. The molecule has 0 aromatic carbocycles. The second kappa shape index (κ2) is 6.12. The highest BCUT2D eigenvalue weighted by atomic mass is 16.2. The fourth-order valence-corrected chi connectivity index (χ4v) is 3.31. The van der Waals surface area contributed by atoms with Crippen LogP contribution in [0.4, 0.5) is 4.79 Å². The van der Waals surface area contributed by atoms with Crippen LogP contribution in [0.1, 0.15) is 44.9 Å². The maximum Gasteiger partial charge on any atom is 0.320 e. The number of urea groups is 1. The quantitative estimate of drug-likeness (QED) is 0.844. The molecule has 2 saturated heterocycles. The third-order valence-electron chi connectivity index (χ3n) is 4.68. The van der Waals surface area contributed by atoms with E-state index in [1.54, 1.807) is 0 Å². The molecule has 2 amide bonds. The first kappa shape index (κ1) is 13.2. The molecule has 1 unspecified atom stereocenters. The van der Waals surface area contributed by atoms with Crippen molar-refractivity contribution in [2.24, 2.45) is 5.92 Å². The minimum atomic E-state index is 0.306. The average Bonchev–Trinajstić information content (AvgIpc) is 3.12. The van der Waals surface area contributed by atoms with Gasteiger partial charge in [0.2, 0.25) is 0 Å². The molecule has 4 nitrogen and oxygen atoms in total. The summed E-state index contributed by atoms with van der Waals surface area (Å²) in [6.45, 7) is 4.98. The van der Waals surface area contributed by atoms with E-state index < -0.39 is 0 Å². The topological polar surface area (TPSA) is 35.6 Å². The Morgan fingerprint density at radius 1 is 1.05 bits per heavy atom. The first-order valence-corrected chi connectivity index (χ1v) is 8.10. The molecule has 108 valence electrons. The summed E-state index contributed by atoms with van der Waals surface area (Å²) in [5.41, 5.74) is 0. The van der Waals surface area contributed by atoms with E-state index in [0.717, 1.165) is 38.6 Å². The number of piperidine rings is 1. The van der Waals surface area contributed by atoms with Crippen molar-refractivity contribution in [2.45, 2.75) is 51.0 Å². The van der Waals surface area contributed by atoms with E-state index in [4.69, 9.17) is 0 Å². The van der Waals surface area contributed by atoms with E-state index in [9.17, 15) is 4.79 Å². The van der Waals surface area contributed by atoms with Crippen molar-refractivity contribution < 1.29 is 4.79 Å². The Hall–Kier alpha value is -0.770. The van der Waals surface area contributed by atoms with Gasteiger partial charge in [-0.25, -0.2) is 4.79 Å². The summed E-state index contributed by atoms with van der Waals surface area (Å²) in [7, 11) is 0. The Labute approximate surface area is 116 Å². The van der Waals surface area contributed by atoms with E-state index in [0.29, 0.717) is 12.1 Å². The standard InChI is InChI=1S/C15H27N3O/c19-15(17-9-2-1-3-10-17)18(11-13-6-7-13)12-14-5-4-8-16-14/h13-14,16H,1-12H2. The number of hydrogen-bond acceptors (Lipinski definition) is 2. The summed E-state index contributed by atoms with van der Waals surface area (Å²) < 4.78 is 0. The molecule has 2 heterocycles. The van der Waals surface area contributed by atoms with E-state index in [1.807, 2.05) is 0 Å². The lowest BCUT2D eigenvalue weighted by Crippen LogP contribution is -2.49. The summed E-state index contributed by atoms with van der Waals surface area (Å²) in [5, 5.41) is 3.53. The molecule has 1 aliphatic carbocycles. The van der Waals surface area contributed by atoms with Gasteiger partial charge in [0, 0.05) is 32.2 Å². The zero-order valence-electron chi connectivity index (χ0n) is 11.9. The van der Waals surface area contributed by atoms with Crippen LogP contribution in [0.5, 0.6) is 0 Å². The summed E-state index contributed by atoms with van der Waals surface area (Å²) in [5.74, 6) is 0.787. The molecule has 3 aliphatic rings. The molecular formula is C15H27N3O. The van der Waals surface area contributed by atoms with Gasteiger partial charge in [-0.3, -0.25) is 0 Å². The molecule has 3 fully saturated rings. The van der Waals surface area contributed by atoms with Gasteiger partial charge in [0.25, 0.3) is 0 Å². The third kappa shape index (κ3) is 3.62. The van der Waals surface area contributed by atoms with E-state index in [2.05, 4.69) is 15.1 Å². The molecule has 0 aromatic heterocycles. The van der Waals surface area contributed by atoms with Crippen molar-refractivity contribution in [1.29, 1.82) is 0 Å². The maximum absolute atomic E-state index is 12.7. The minimum Gasteiger partial charge on any atom is -0.325 e. The van der Waals surface area contributed by atoms with Crippen LogP contribution in [0, 0.1) is 5.92 Å². The highest BCUT2D eigenvalue weighted by Crippen LogP contribution is 2.30. The van der Waals surface area contributed by atoms with Gasteiger partial charge in [-0.1, -0.05) is 0 Å². The van der Waals surface area contributed by atoms with Gasteiger partial charge in [-0.15, -0.1) is 0 Å². The van der Waals surface area contributed by atoms with Gasteiger partial charge in [0.05, 0.1) is 0 Å². The molecule has 1 saturated carbocycles. The highest BCUT2D eigenvalue weighted by Gasteiger charge is 2.31. The summed E-state index contributed by atoms with van der Waals surface area (Å²) >= 11 is 0. The number of likely N-dealkylation sites (tertiary alicyclic amines) is 1. The fourth-order valence-electron chi connectivity index (χ4n) is 3.31. The smallest absolute Gasteiger partial charge is 0.320 e. The lowest BCUT2D eigenvalue weighted by atomic mass is 10.1. The van der Waals surface area contributed by atoms with Gasteiger partial charge in [0.1, 0.15) is 0 Å². The van der Waals surface area contributed by atoms with Crippen molar-refractivity contribution in [2.75, 3.05) is 32.7 Å². The molecule has 0 spiro atoms. The van der Waals surface area contributed by atoms with Gasteiger partial charge in [0.15, 0.2) is 0 Å². The molecule has 1 atom stereocenters. The van der Waals surface area contributed by atoms with E-state index in [1.165, 1.54) is 44.9 Å². The number of rotatable bonds is 4. The van der Waals surface area contributed by atoms with Gasteiger partial charge < -0.3 is 15.1 Å². The predicted octanol–water partition coefficient (Wildman–Crippen LogP) is 2.06. The Bertz CT molecular complexity index is 305. The van der Waals surface area contributed by atoms with Gasteiger partial charge >= 0.3 is 6.03 Å². The van der Waals surface area contributed by atoms with Crippen molar-refractivity contribution in [3.63, 3.8) is 0 Å². The average molecular weight is 265 g/mol. The normalized spacial score (nSPS) is 27.6. The van der Waals surface area contributed by atoms with E-state index in [-0.39, 0.29) is 0 Å². The number of hydrogen-bond donors (Lipinski definition) is 1. The van der Waals surface area contributed by atoms with E-state index >= 15 is 0 Å². The van der Waals surface area contributed by atoms with Crippen LogP contribution in [-0.2, 0) is 0 Å². The summed E-state index contributed by atoms with van der Waals surface area (Å²) in [6, 6.07) is 0.841. The minimum absolute atomic E-state index is 0.306. The van der Waals surface area contributed by atoms with Crippen LogP contribution in [-0.4, -0.2) is 54.6 Å². The Morgan fingerprint density at radius 3 is 2.47 bits per heavy atom. The first-order valence-electron chi connectivity index (χ1n) is 8.10. The zero-order valence-corrected chi connectivity index (χ0v) is 11.9. The van der Waals surface area contributed by atoms with Crippen LogP contribution in [0.3, 0.4) is 0 Å². The number of carbonyl (C=O) groups excluding carboxylic acids is 1. The summed E-state index contributed by atoms with van der Waals surface area (Å²) in [6.07, 6.45) is 8.80. The molecule has 1 N–H and O–H groups in total. The molecule has 4 heteroatoms. The lowest BCUT2D eigenvalue weighted by Gasteiger charge is -2.34. The molecular weight excluding hydrogens is 238 g/mol. The highest BCUT2D eigenvalue weighted by molar-refractivity contribution is 5.74. The lowest BCUT2D eigenvalue weighted by molar-refractivity contribution is 0.137. The van der Waals surface area contributed by atoms with Crippen molar-refractivity contribution in [3.05, 3.63) is 0 Å². The number of amides is 2. The van der Waals surface area contributed by atoms with Gasteiger partial charge in [-0.05, 0) is 57.4 Å². The number of nitrogens with one attached hydrogen (secondary N) is 1. The van der Waals surface area contributed by atoms with Crippen molar-refractivity contribution in [3.8, 4) is 0 Å². The molecule has 0 radical (unpaired) electrons. The van der Waals surface area contributed by atoms with Crippen LogP contribution in [0.15, 0.2) is 0 Å². The Morgan fingerprint density at radius 2 is 1.84 bits per heavy atom. The van der Waals surface area contributed by atoms with Crippen LogP contribution >= 0.6 is 0 Å². The molecule has 0 bridgehead atoms. The molecule has 0 aromatic rings. The molecule has 19 heavy (non-hydrogen) atoms. The number of nitrogens with zero attached hydrogens (tertiary/aromatic N) is 2. The predicted molar refractivity (Wildman–Crippen MR) is 76.1 cm³/mol. The molecule has 2 aliphatic heterocycles. The maximum atomic E-state index is 12.7. The zero-order chi connectivity index (χ0) is 13.1. The van der Waals surface area contributed by atoms with Crippen LogP contribution in [0.2, 0.25) is 0 Å². The fraction of sp³-hybridized carbons (Fsp3) is 0.933. The Kier molecular flexibility index (Phi) is 4.26. The Balaban J connectivity index is 1.57. The molecule has 3 rings (SSSR count). The largest absolute Gasteiger partial charge is 0.325 e. The second-order valence-electron chi connectivity index (χ2n) is 6.47. The first-order chi connectivity index (χ1) is 9.33. The SMILES string of the molecule is O=C(N1CCCCC1)N(CC1CC1)CC1CCCN1. The van der Waals surface area contributed by atoms with Crippen molar-refractivity contribution in [1.82, 2.24) is 15.1 Å². The van der Waals surface area contributed by atoms with Crippen LogP contribution < -0.4 is 5.32 Å². The number of carbonyl (C=O) groups is 1. The van der Waals surface area contributed by atoms with Crippen LogP contribution in [0.25, 0.3) is 0 Å².